The van der Waals surface area contributed by atoms with Crippen molar-refractivity contribution in [2.75, 3.05) is 25.6 Å². The second-order valence-electron chi connectivity index (χ2n) is 4.59. The van der Waals surface area contributed by atoms with Crippen LogP contribution in [0.5, 0.6) is 0 Å². The van der Waals surface area contributed by atoms with E-state index >= 15 is 0 Å². The molecule has 0 radical (unpaired) electrons. The fourth-order valence-electron chi connectivity index (χ4n) is 2.01. The molecule has 1 N–H and O–H groups in total. The average Bonchev–Trinajstić information content (AvgIpc) is 2.88. The van der Waals surface area contributed by atoms with Gasteiger partial charge in [-0.05, 0) is 31.9 Å². The Hall–Kier alpha value is -0.580. The van der Waals surface area contributed by atoms with E-state index in [0.29, 0.717) is 18.5 Å². The van der Waals surface area contributed by atoms with Crippen LogP contribution in [0.4, 0.5) is 0 Å². The monoisotopic (exact) mass is 287 g/mol. The second-order valence-corrected chi connectivity index (χ2v) is 4.97. The molecule has 4 nitrogen and oxygen atoms in total. The Labute approximate surface area is 121 Å². The summed E-state index contributed by atoms with van der Waals surface area (Å²) in [6.45, 7) is 7.58. The van der Waals surface area contributed by atoms with E-state index in [-0.39, 0.29) is 0 Å². The first-order valence-corrected chi connectivity index (χ1v) is 7.73. The molecule has 19 heavy (non-hydrogen) atoms. The molecule has 0 spiro atoms. The molecule has 0 amide bonds. The number of nitrogens with zero attached hydrogens (tertiary/aromatic N) is 2. The zero-order valence-corrected chi connectivity index (χ0v) is 12.8. The Balaban J connectivity index is 2.16. The van der Waals surface area contributed by atoms with Gasteiger partial charge in [0, 0.05) is 25.2 Å². The third-order valence-electron chi connectivity index (χ3n) is 3.15. The van der Waals surface area contributed by atoms with E-state index in [0.717, 1.165) is 44.7 Å². The zero-order chi connectivity index (χ0) is 13.9. The molecule has 0 aliphatic heterocycles. The standard InChI is InChI=1S/C14H26ClN3O/c1-3-14(4-2)18-9-6-13(17-18)12-16-8-5-10-19-11-7-15/h6,9,14,16H,3-5,7-8,10-12H2,1-2H3. The molecule has 0 saturated carbocycles. The predicted octanol–water partition coefficient (Wildman–Crippen LogP) is 2.98. The molecule has 1 aromatic rings. The van der Waals surface area contributed by atoms with E-state index in [4.69, 9.17) is 16.3 Å². The second kappa shape index (κ2) is 10.2. The van der Waals surface area contributed by atoms with Crippen molar-refractivity contribution in [1.29, 1.82) is 0 Å². The maximum atomic E-state index is 5.52. The highest BCUT2D eigenvalue weighted by atomic mass is 35.5. The van der Waals surface area contributed by atoms with Gasteiger partial charge in [-0.15, -0.1) is 11.6 Å². The molecule has 0 bridgehead atoms. The normalized spacial score (nSPS) is 11.4. The minimum Gasteiger partial charge on any atom is -0.380 e. The van der Waals surface area contributed by atoms with E-state index in [1.807, 2.05) is 0 Å². The Morgan fingerprint density at radius 3 is 2.84 bits per heavy atom. The van der Waals surface area contributed by atoms with Crippen molar-refractivity contribution in [3.05, 3.63) is 18.0 Å². The summed E-state index contributed by atoms with van der Waals surface area (Å²) in [6.07, 6.45) is 5.34. The summed E-state index contributed by atoms with van der Waals surface area (Å²) < 4.78 is 7.39. The molecule has 1 aromatic heterocycles. The summed E-state index contributed by atoms with van der Waals surface area (Å²) >= 11 is 5.52. The Kier molecular flexibility index (Phi) is 8.88. The van der Waals surface area contributed by atoms with Crippen LogP contribution in [-0.4, -0.2) is 35.4 Å². The number of hydrogen-bond acceptors (Lipinski definition) is 3. The first-order valence-electron chi connectivity index (χ1n) is 7.20. The summed E-state index contributed by atoms with van der Waals surface area (Å²) in [6, 6.07) is 2.62. The van der Waals surface area contributed by atoms with Crippen molar-refractivity contribution in [2.45, 2.75) is 45.7 Å². The van der Waals surface area contributed by atoms with Gasteiger partial charge in [0.2, 0.25) is 0 Å². The van der Waals surface area contributed by atoms with Gasteiger partial charge in [-0.3, -0.25) is 4.68 Å². The first-order chi connectivity index (χ1) is 9.31. The fraction of sp³-hybridized carbons (Fsp3) is 0.786. The quantitative estimate of drug-likeness (QED) is 0.502. The minimum atomic E-state index is 0.526. The van der Waals surface area contributed by atoms with Crippen LogP contribution >= 0.6 is 11.6 Å². The van der Waals surface area contributed by atoms with Crippen molar-refractivity contribution < 1.29 is 4.74 Å². The molecular weight excluding hydrogens is 262 g/mol. The van der Waals surface area contributed by atoms with Crippen molar-refractivity contribution in [3.63, 3.8) is 0 Å². The van der Waals surface area contributed by atoms with E-state index in [9.17, 15) is 0 Å². The maximum Gasteiger partial charge on any atom is 0.0762 e. The molecule has 0 atom stereocenters. The van der Waals surface area contributed by atoms with Gasteiger partial charge in [0.05, 0.1) is 18.3 Å². The molecule has 110 valence electrons. The largest absolute Gasteiger partial charge is 0.380 e. The highest BCUT2D eigenvalue weighted by Crippen LogP contribution is 2.14. The third kappa shape index (κ3) is 6.41. The molecule has 0 unspecified atom stereocenters. The molecule has 5 heteroatoms. The number of aromatic nitrogens is 2. The van der Waals surface area contributed by atoms with Gasteiger partial charge in [0.25, 0.3) is 0 Å². The van der Waals surface area contributed by atoms with Crippen LogP contribution in [0.25, 0.3) is 0 Å². The van der Waals surface area contributed by atoms with E-state index in [1.54, 1.807) is 0 Å². The van der Waals surface area contributed by atoms with Crippen LogP contribution in [-0.2, 0) is 11.3 Å². The molecule has 1 heterocycles. The molecular formula is C14H26ClN3O. The lowest BCUT2D eigenvalue weighted by molar-refractivity contribution is 0.146. The fourth-order valence-corrected chi connectivity index (χ4v) is 2.12. The Morgan fingerprint density at radius 1 is 1.37 bits per heavy atom. The van der Waals surface area contributed by atoms with Crippen LogP contribution < -0.4 is 5.32 Å². The van der Waals surface area contributed by atoms with E-state index < -0.39 is 0 Å². The number of nitrogens with one attached hydrogen (secondary N) is 1. The summed E-state index contributed by atoms with van der Waals surface area (Å²) in [5, 5.41) is 7.98. The molecule has 0 fully saturated rings. The van der Waals surface area contributed by atoms with Crippen molar-refractivity contribution in [3.8, 4) is 0 Å². The van der Waals surface area contributed by atoms with Gasteiger partial charge in [0.15, 0.2) is 0 Å². The van der Waals surface area contributed by atoms with Crippen LogP contribution in [0.1, 0.15) is 44.8 Å². The predicted molar refractivity (Wildman–Crippen MR) is 79.7 cm³/mol. The van der Waals surface area contributed by atoms with Crippen LogP contribution in [0.15, 0.2) is 12.3 Å². The lowest BCUT2D eigenvalue weighted by atomic mass is 10.2. The van der Waals surface area contributed by atoms with Gasteiger partial charge in [-0.2, -0.15) is 5.10 Å². The SMILES string of the molecule is CCC(CC)n1ccc(CNCCCOCCCl)n1. The topological polar surface area (TPSA) is 39.1 Å². The van der Waals surface area contributed by atoms with Gasteiger partial charge < -0.3 is 10.1 Å². The van der Waals surface area contributed by atoms with Crippen LogP contribution in [0.2, 0.25) is 0 Å². The Bertz CT molecular complexity index is 326. The third-order valence-corrected chi connectivity index (χ3v) is 3.30. The van der Waals surface area contributed by atoms with Gasteiger partial charge in [-0.1, -0.05) is 13.8 Å². The van der Waals surface area contributed by atoms with Crippen LogP contribution in [0.3, 0.4) is 0 Å². The summed E-state index contributed by atoms with van der Waals surface area (Å²) in [5.41, 5.74) is 1.11. The molecule has 0 saturated heterocycles. The molecule has 1 rings (SSSR count). The van der Waals surface area contributed by atoms with Crippen LogP contribution in [0, 0.1) is 0 Å². The summed E-state index contributed by atoms with van der Waals surface area (Å²) in [7, 11) is 0. The van der Waals surface area contributed by atoms with Gasteiger partial charge >= 0.3 is 0 Å². The van der Waals surface area contributed by atoms with Crippen molar-refractivity contribution in [2.24, 2.45) is 0 Å². The van der Waals surface area contributed by atoms with Crippen molar-refractivity contribution >= 4 is 11.6 Å². The van der Waals surface area contributed by atoms with E-state index in [1.165, 1.54) is 0 Å². The van der Waals surface area contributed by atoms with E-state index in [2.05, 4.69) is 41.2 Å². The number of halogens is 1. The highest BCUT2D eigenvalue weighted by molar-refractivity contribution is 6.17. The molecule has 0 aromatic carbocycles. The minimum absolute atomic E-state index is 0.526. The maximum absolute atomic E-state index is 5.52. The van der Waals surface area contributed by atoms with Crippen molar-refractivity contribution in [1.82, 2.24) is 15.1 Å². The smallest absolute Gasteiger partial charge is 0.0762 e. The Morgan fingerprint density at radius 2 is 2.16 bits per heavy atom. The zero-order valence-electron chi connectivity index (χ0n) is 12.1. The summed E-state index contributed by atoms with van der Waals surface area (Å²) in [5.74, 6) is 0.570. The number of hydrogen-bond donors (Lipinski definition) is 1. The number of ether oxygens (including phenoxy) is 1. The lowest BCUT2D eigenvalue weighted by Gasteiger charge is -2.12. The summed E-state index contributed by atoms with van der Waals surface area (Å²) in [4.78, 5) is 0. The number of alkyl halides is 1. The average molecular weight is 288 g/mol. The van der Waals surface area contributed by atoms with Gasteiger partial charge in [0.1, 0.15) is 0 Å². The molecule has 0 aliphatic carbocycles. The van der Waals surface area contributed by atoms with Gasteiger partial charge in [-0.25, -0.2) is 0 Å². The molecule has 0 aliphatic rings. The lowest BCUT2D eigenvalue weighted by Crippen LogP contribution is -2.17. The highest BCUT2D eigenvalue weighted by Gasteiger charge is 2.07. The first kappa shape index (κ1) is 16.5. The number of rotatable bonds is 11.